The molecule has 1 fully saturated rings. The molecular formula is C14H30N2O. The first-order valence-electron chi connectivity index (χ1n) is 7.28. The lowest BCUT2D eigenvalue weighted by atomic mass is 10.1. The SMILES string of the molecule is CCCN1CCC(OCCCN(C)CC)CC1. The molecule has 0 aromatic heterocycles. The predicted molar refractivity (Wildman–Crippen MR) is 73.5 cm³/mol. The summed E-state index contributed by atoms with van der Waals surface area (Å²) in [5, 5.41) is 0. The molecule has 0 atom stereocenters. The second-order valence-electron chi connectivity index (χ2n) is 5.16. The van der Waals surface area contributed by atoms with Crippen LogP contribution in [-0.4, -0.2) is 62.3 Å². The van der Waals surface area contributed by atoms with Crippen LogP contribution in [0.2, 0.25) is 0 Å². The lowest BCUT2D eigenvalue weighted by molar-refractivity contribution is 0.00465. The summed E-state index contributed by atoms with van der Waals surface area (Å²) in [7, 11) is 2.17. The Morgan fingerprint density at radius 1 is 1.24 bits per heavy atom. The van der Waals surface area contributed by atoms with E-state index < -0.39 is 0 Å². The molecule has 0 aliphatic carbocycles. The molecule has 1 aliphatic heterocycles. The van der Waals surface area contributed by atoms with Crippen LogP contribution in [0.15, 0.2) is 0 Å². The van der Waals surface area contributed by atoms with Crippen molar-refractivity contribution in [1.29, 1.82) is 0 Å². The zero-order chi connectivity index (χ0) is 12.5. The van der Waals surface area contributed by atoms with Crippen molar-refractivity contribution in [2.24, 2.45) is 0 Å². The molecule has 0 aromatic carbocycles. The molecule has 0 radical (unpaired) electrons. The van der Waals surface area contributed by atoms with Crippen molar-refractivity contribution in [3.63, 3.8) is 0 Å². The summed E-state index contributed by atoms with van der Waals surface area (Å²) in [6.07, 6.45) is 5.41. The topological polar surface area (TPSA) is 15.7 Å². The average molecular weight is 242 g/mol. The summed E-state index contributed by atoms with van der Waals surface area (Å²) < 4.78 is 5.95. The van der Waals surface area contributed by atoms with E-state index in [-0.39, 0.29) is 0 Å². The van der Waals surface area contributed by atoms with Gasteiger partial charge in [-0.15, -0.1) is 0 Å². The minimum atomic E-state index is 0.523. The number of hydrogen-bond donors (Lipinski definition) is 0. The van der Waals surface area contributed by atoms with Gasteiger partial charge in [0.1, 0.15) is 0 Å². The Morgan fingerprint density at radius 2 is 1.94 bits per heavy atom. The Kier molecular flexibility index (Phi) is 7.82. The van der Waals surface area contributed by atoms with Crippen molar-refractivity contribution in [1.82, 2.24) is 9.80 Å². The quantitative estimate of drug-likeness (QED) is 0.607. The van der Waals surface area contributed by atoms with Crippen molar-refractivity contribution in [2.75, 3.05) is 46.4 Å². The first-order valence-corrected chi connectivity index (χ1v) is 7.28. The van der Waals surface area contributed by atoms with Gasteiger partial charge in [-0.05, 0) is 45.8 Å². The fourth-order valence-electron chi connectivity index (χ4n) is 2.36. The van der Waals surface area contributed by atoms with Crippen molar-refractivity contribution in [3.8, 4) is 0 Å². The zero-order valence-corrected chi connectivity index (χ0v) is 12.0. The fourth-order valence-corrected chi connectivity index (χ4v) is 2.36. The molecule has 0 bridgehead atoms. The molecule has 1 rings (SSSR count). The van der Waals surface area contributed by atoms with Crippen molar-refractivity contribution >= 4 is 0 Å². The smallest absolute Gasteiger partial charge is 0.0599 e. The van der Waals surface area contributed by atoms with Gasteiger partial charge in [0.2, 0.25) is 0 Å². The van der Waals surface area contributed by atoms with Gasteiger partial charge < -0.3 is 14.5 Å². The van der Waals surface area contributed by atoms with Gasteiger partial charge in [0.15, 0.2) is 0 Å². The first kappa shape index (κ1) is 14.9. The van der Waals surface area contributed by atoms with Crippen molar-refractivity contribution in [3.05, 3.63) is 0 Å². The summed E-state index contributed by atoms with van der Waals surface area (Å²) >= 11 is 0. The van der Waals surface area contributed by atoms with Crippen LogP contribution in [0.25, 0.3) is 0 Å². The van der Waals surface area contributed by atoms with Crippen molar-refractivity contribution in [2.45, 2.75) is 45.6 Å². The zero-order valence-electron chi connectivity index (χ0n) is 12.0. The minimum absolute atomic E-state index is 0.523. The maximum Gasteiger partial charge on any atom is 0.0599 e. The summed E-state index contributed by atoms with van der Waals surface area (Å²) in [6.45, 7) is 11.4. The number of piperidine rings is 1. The van der Waals surface area contributed by atoms with Crippen LogP contribution in [0, 0.1) is 0 Å². The van der Waals surface area contributed by atoms with Gasteiger partial charge in [0.05, 0.1) is 6.10 Å². The van der Waals surface area contributed by atoms with Gasteiger partial charge in [-0.3, -0.25) is 0 Å². The van der Waals surface area contributed by atoms with E-state index in [1.807, 2.05) is 0 Å². The molecular weight excluding hydrogens is 212 g/mol. The molecule has 3 heteroatoms. The second kappa shape index (κ2) is 8.90. The van der Waals surface area contributed by atoms with Gasteiger partial charge in [-0.2, -0.15) is 0 Å². The average Bonchev–Trinajstić information content (AvgIpc) is 2.36. The van der Waals surface area contributed by atoms with E-state index in [0.717, 1.165) is 19.7 Å². The summed E-state index contributed by atoms with van der Waals surface area (Å²) in [4.78, 5) is 4.90. The predicted octanol–water partition coefficient (Wildman–Crippen LogP) is 2.22. The van der Waals surface area contributed by atoms with E-state index in [9.17, 15) is 0 Å². The van der Waals surface area contributed by atoms with E-state index in [1.165, 1.54) is 45.3 Å². The second-order valence-corrected chi connectivity index (χ2v) is 5.16. The fraction of sp³-hybridized carbons (Fsp3) is 1.00. The molecule has 102 valence electrons. The molecule has 0 amide bonds. The standard InChI is InChI=1S/C14H30N2O/c1-4-9-16-11-7-14(8-12-16)17-13-6-10-15(3)5-2/h14H,4-13H2,1-3H3. The molecule has 1 aliphatic rings. The van der Waals surface area contributed by atoms with Crippen LogP contribution in [0.1, 0.15) is 39.5 Å². The number of ether oxygens (including phenoxy) is 1. The molecule has 1 saturated heterocycles. The van der Waals surface area contributed by atoms with Crippen LogP contribution in [0.4, 0.5) is 0 Å². The Balaban J connectivity index is 1.99. The third-order valence-corrected chi connectivity index (χ3v) is 3.65. The highest BCUT2D eigenvalue weighted by Gasteiger charge is 2.18. The highest BCUT2D eigenvalue weighted by Crippen LogP contribution is 2.14. The molecule has 0 saturated carbocycles. The Morgan fingerprint density at radius 3 is 2.53 bits per heavy atom. The highest BCUT2D eigenvalue weighted by atomic mass is 16.5. The summed E-state index contributed by atoms with van der Waals surface area (Å²) in [6, 6.07) is 0. The van der Waals surface area contributed by atoms with E-state index in [1.54, 1.807) is 0 Å². The maximum absolute atomic E-state index is 5.95. The van der Waals surface area contributed by atoms with E-state index in [0.29, 0.717) is 6.10 Å². The first-order chi connectivity index (χ1) is 8.26. The van der Waals surface area contributed by atoms with Gasteiger partial charge >= 0.3 is 0 Å². The van der Waals surface area contributed by atoms with Crippen LogP contribution in [0.3, 0.4) is 0 Å². The lowest BCUT2D eigenvalue weighted by Crippen LogP contribution is -2.37. The monoisotopic (exact) mass is 242 g/mol. The normalized spacial score (nSPS) is 19.1. The molecule has 3 nitrogen and oxygen atoms in total. The van der Waals surface area contributed by atoms with Gasteiger partial charge in [-0.1, -0.05) is 13.8 Å². The number of nitrogens with zero attached hydrogens (tertiary/aromatic N) is 2. The van der Waals surface area contributed by atoms with E-state index in [2.05, 4.69) is 30.7 Å². The Hall–Kier alpha value is -0.120. The van der Waals surface area contributed by atoms with Crippen molar-refractivity contribution < 1.29 is 4.74 Å². The molecule has 1 heterocycles. The lowest BCUT2D eigenvalue weighted by Gasteiger charge is -2.31. The van der Waals surface area contributed by atoms with Gasteiger partial charge in [0.25, 0.3) is 0 Å². The summed E-state index contributed by atoms with van der Waals surface area (Å²) in [5.74, 6) is 0. The maximum atomic E-state index is 5.95. The van der Waals surface area contributed by atoms with E-state index >= 15 is 0 Å². The molecule has 17 heavy (non-hydrogen) atoms. The van der Waals surface area contributed by atoms with Crippen LogP contribution >= 0.6 is 0 Å². The number of rotatable bonds is 8. The van der Waals surface area contributed by atoms with Crippen LogP contribution in [-0.2, 0) is 4.74 Å². The molecule has 0 spiro atoms. The number of likely N-dealkylation sites (tertiary alicyclic amines) is 1. The van der Waals surface area contributed by atoms with Crippen LogP contribution < -0.4 is 0 Å². The molecule has 0 unspecified atom stereocenters. The Labute approximate surface area is 107 Å². The largest absolute Gasteiger partial charge is 0.378 e. The summed E-state index contributed by atoms with van der Waals surface area (Å²) in [5.41, 5.74) is 0. The van der Waals surface area contributed by atoms with E-state index in [4.69, 9.17) is 4.74 Å². The minimum Gasteiger partial charge on any atom is -0.378 e. The third kappa shape index (κ3) is 6.39. The van der Waals surface area contributed by atoms with Gasteiger partial charge in [0, 0.05) is 26.2 Å². The van der Waals surface area contributed by atoms with Crippen LogP contribution in [0.5, 0.6) is 0 Å². The third-order valence-electron chi connectivity index (χ3n) is 3.65. The highest BCUT2D eigenvalue weighted by molar-refractivity contribution is 4.72. The Bertz CT molecular complexity index is 179. The van der Waals surface area contributed by atoms with Gasteiger partial charge in [-0.25, -0.2) is 0 Å². The molecule has 0 aromatic rings. The number of hydrogen-bond acceptors (Lipinski definition) is 3. The molecule has 0 N–H and O–H groups in total.